The molecule has 5 atom stereocenters. The van der Waals surface area contributed by atoms with Crippen LogP contribution in [0.25, 0.3) is 10.9 Å². The van der Waals surface area contributed by atoms with Crippen LogP contribution in [-0.4, -0.2) is 81.0 Å². The van der Waals surface area contributed by atoms with E-state index in [1.54, 1.807) is 20.0 Å². The minimum atomic E-state index is -1.58. The van der Waals surface area contributed by atoms with Crippen LogP contribution in [0.15, 0.2) is 30.5 Å². The Morgan fingerprint density at radius 2 is 1.64 bits per heavy atom. The second-order valence-corrected chi connectivity index (χ2v) is 10.4. The number of thioether (sulfide) groups is 1. The summed E-state index contributed by atoms with van der Waals surface area (Å²) in [5, 5.41) is 27.1. The predicted octanol–water partition coefficient (Wildman–Crippen LogP) is 0.851. The van der Waals surface area contributed by atoms with Crippen molar-refractivity contribution in [1.29, 1.82) is 0 Å². The molecule has 39 heavy (non-hydrogen) atoms. The van der Waals surface area contributed by atoms with E-state index in [1.165, 1.54) is 11.8 Å². The number of aromatic amines is 1. The van der Waals surface area contributed by atoms with Gasteiger partial charge in [-0.3, -0.25) is 19.2 Å². The molecule has 1 aromatic carbocycles. The van der Waals surface area contributed by atoms with E-state index < -0.39 is 66.2 Å². The summed E-state index contributed by atoms with van der Waals surface area (Å²) >= 11 is 1.52. The third kappa shape index (κ3) is 9.29. The monoisotopic (exact) mass is 563 g/mol. The number of carbonyl (C=O) groups excluding carboxylic acids is 3. The topological polar surface area (TPSA) is 204 Å². The molecular weight excluding hydrogens is 526 g/mol. The van der Waals surface area contributed by atoms with Gasteiger partial charge in [0.25, 0.3) is 0 Å². The summed E-state index contributed by atoms with van der Waals surface area (Å²) in [4.78, 5) is 65.4. The number of fused-ring (bicyclic) bond motifs is 1. The molecule has 0 bridgehead atoms. The number of para-hydroxylation sites is 1. The fourth-order valence-corrected chi connectivity index (χ4v) is 4.47. The van der Waals surface area contributed by atoms with E-state index in [2.05, 4.69) is 20.9 Å². The second kappa shape index (κ2) is 15.1. The summed E-state index contributed by atoms with van der Waals surface area (Å²) < 4.78 is 0. The van der Waals surface area contributed by atoms with Crippen molar-refractivity contribution in [3.05, 3.63) is 36.0 Å². The van der Waals surface area contributed by atoms with Crippen LogP contribution in [0.2, 0.25) is 0 Å². The van der Waals surface area contributed by atoms with E-state index in [9.17, 15) is 34.2 Å². The minimum absolute atomic E-state index is 0.0306. The van der Waals surface area contributed by atoms with Crippen LogP contribution < -0.4 is 21.7 Å². The number of carboxylic acid groups (broad SMARTS) is 2. The maximum absolute atomic E-state index is 13.4. The van der Waals surface area contributed by atoms with Crippen molar-refractivity contribution in [2.75, 3.05) is 12.0 Å². The van der Waals surface area contributed by atoms with Gasteiger partial charge in [-0.15, -0.1) is 0 Å². The van der Waals surface area contributed by atoms with Crippen molar-refractivity contribution in [3.63, 3.8) is 0 Å². The number of carboxylic acids is 2. The molecule has 1 aromatic heterocycles. The first-order valence-corrected chi connectivity index (χ1v) is 14.0. The molecule has 0 fully saturated rings. The molecule has 2 rings (SSSR count). The van der Waals surface area contributed by atoms with E-state index in [4.69, 9.17) is 5.73 Å². The normalized spacial score (nSPS) is 15.0. The van der Waals surface area contributed by atoms with Gasteiger partial charge in [0.1, 0.15) is 18.1 Å². The molecular formula is C26H37N5O7S. The largest absolute Gasteiger partial charge is 0.481 e. The highest BCUT2D eigenvalue weighted by atomic mass is 32.2. The number of nitrogens with two attached hydrogens (primary N) is 1. The van der Waals surface area contributed by atoms with E-state index >= 15 is 0 Å². The van der Waals surface area contributed by atoms with Crippen LogP contribution in [0.1, 0.15) is 38.7 Å². The lowest BCUT2D eigenvalue weighted by Gasteiger charge is -2.26. The average molecular weight is 564 g/mol. The first-order valence-electron chi connectivity index (χ1n) is 12.6. The van der Waals surface area contributed by atoms with Gasteiger partial charge in [-0.1, -0.05) is 38.5 Å². The molecule has 0 radical (unpaired) electrons. The Morgan fingerprint density at radius 3 is 2.26 bits per heavy atom. The van der Waals surface area contributed by atoms with Gasteiger partial charge < -0.3 is 36.9 Å². The molecule has 0 saturated heterocycles. The number of carbonyl (C=O) groups is 5. The summed E-state index contributed by atoms with van der Waals surface area (Å²) in [6.07, 6.45) is 3.65. The molecule has 0 aliphatic carbocycles. The van der Waals surface area contributed by atoms with Crippen LogP contribution in [-0.2, 0) is 30.4 Å². The lowest BCUT2D eigenvalue weighted by molar-refractivity contribution is -0.144. The van der Waals surface area contributed by atoms with Gasteiger partial charge in [-0.25, -0.2) is 4.79 Å². The third-order valence-corrected chi connectivity index (χ3v) is 7.13. The molecule has 214 valence electrons. The Morgan fingerprint density at radius 1 is 1.00 bits per heavy atom. The number of hydrogen-bond acceptors (Lipinski definition) is 7. The van der Waals surface area contributed by atoms with Crippen molar-refractivity contribution in [2.24, 2.45) is 11.7 Å². The van der Waals surface area contributed by atoms with Crippen LogP contribution in [0.5, 0.6) is 0 Å². The van der Waals surface area contributed by atoms with E-state index in [0.717, 1.165) is 10.9 Å². The standard InChI is InChI=1S/C26H37N5O7S/c1-4-14(2)22(26(37)38)31-25(36)20(12-21(32)33)30-24(35)19(29-23(34)17(27)9-10-39-3)11-15-13-28-18-8-6-5-7-16(15)18/h5-8,13-14,17,19-20,22,28H,4,9-12,27H2,1-3H3,(H,29,34)(H,30,35)(H,31,36)(H,32,33)(H,37,38). The van der Waals surface area contributed by atoms with Crippen molar-refractivity contribution in [2.45, 2.75) is 63.7 Å². The maximum Gasteiger partial charge on any atom is 0.326 e. The highest BCUT2D eigenvalue weighted by Crippen LogP contribution is 2.19. The number of nitrogens with one attached hydrogen (secondary N) is 4. The van der Waals surface area contributed by atoms with E-state index in [-0.39, 0.29) is 6.42 Å². The summed E-state index contributed by atoms with van der Waals surface area (Å²) in [6.45, 7) is 3.39. The van der Waals surface area contributed by atoms with Gasteiger partial charge in [-0.05, 0) is 36.0 Å². The number of rotatable bonds is 16. The van der Waals surface area contributed by atoms with Crippen molar-refractivity contribution < 1.29 is 34.2 Å². The maximum atomic E-state index is 13.4. The Labute approximate surface area is 230 Å². The van der Waals surface area contributed by atoms with Gasteiger partial charge in [0.15, 0.2) is 0 Å². The SMILES string of the molecule is CCC(C)C(NC(=O)C(CC(=O)O)NC(=O)C(Cc1c[nH]c2ccccc12)NC(=O)C(N)CCSC)C(=O)O. The smallest absolute Gasteiger partial charge is 0.326 e. The molecule has 3 amide bonds. The van der Waals surface area contributed by atoms with Gasteiger partial charge in [0, 0.05) is 23.5 Å². The first-order chi connectivity index (χ1) is 18.5. The van der Waals surface area contributed by atoms with Crippen LogP contribution in [0, 0.1) is 5.92 Å². The lowest BCUT2D eigenvalue weighted by atomic mass is 9.98. The Hall–Kier alpha value is -3.58. The number of aromatic nitrogens is 1. The fourth-order valence-electron chi connectivity index (χ4n) is 3.98. The van der Waals surface area contributed by atoms with Crippen LogP contribution >= 0.6 is 11.8 Å². The molecule has 8 N–H and O–H groups in total. The molecule has 0 saturated carbocycles. The predicted molar refractivity (Wildman–Crippen MR) is 148 cm³/mol. The molecule has 2 aromatic rings. The summed E-state index contributed by atoms with van der Waals surface area (Å²) in [6, 6.07) is 2.47. The lowest BCUT2D eigenvalue weighted by Crippen LogP contribution is -2.58. The fraction of sp³-hybridized carbons (Fsp3) is 0.500. The number of H-pyrrole nitrogens is 1. The summed E-state index contributed by atoms with van der Waals surface area (Å²) in [5.74, 6) is -4.77. The van der Waals surface area contributed by atoms with Gasteiger partial charge in [0.05, 0.1) is 12.5 Å². The molecule has 12 nitrogen and oxygen atoms in total. The number of amides is 3. The molecule has 1 heterocycles. The second-order valence-electron chi connectivity index (χ2n) is 9.38. The van der Waals surface area contributed by atoms with E-state index in [0.29, 0.717) is 24.2 Å². The number of benzene rings is 1. The number of hydrogen-bond donors (Lipinski definition) is 7. The zero-order valence-electron chi connectivity index (χ0n) is 22.2. The average Bonchev–Trinajstić information content (AvgIpc) is 3.31. The Balaban J connectivity index is 2.31. The van der Waals surface area contributed by atoms with E-state index in [1.807, 2.05) is 30.5 Å². The molecule has 13 heteroatoms. The molecule has 5 unspecified atom stereocenters. The zero-order chi connectivity index (χ0) is 29.1. The van der Waals surface area contributed by atoms with Crippen LogP contribution in [0.4, 0.5) is 0 Å². The van der Waals surface area contributed by atoms with Crippen molar-refractivity contribution in [1.82, 2.24) is 20.9 Å². The minimum Gasteiger partial charge on any atom is -0.481 e. The molecule has 0 spiro atoms. The van der Waals surface area contributed by atoms with Gasteiger partial charge in [0.2, 0.25) is 17.7 Å². The summed E-state index contributed by atoms with van der Waals surface area (Å²) in [7, 11) is 0. The highest BCUT2D eigenvalue weighted by molar-refractivity contribution is 7.98. The quantitative estimate of drug-likeness (QED) is 0.154. The Bertz CT molecular complexity index is 1170. The first kappa shape index (κ1) is 31.6. The van der Waals surface area contributed by atoms with Crippen molar-refractivity contribution >= 4 is 52.3 Å². The zero-order valence-corrected chi connectivity index (χ0v) is 23.0. The third-order valence-electron chi connectivity index (χ3n) is 6.49. The molecule has 0 aliphatic heterocycles. The van der Waals surface area contributed by atoms with Crippen LogP contribution in [0.3, 0.4) is 0 Å². The van der Waals surface area contributed by atoms with Crippen molar-refractivity contribution in [3.8, 4) is 0 Å². The summed E-state index contributed by atoms with van der Waals surface area (Å²) in [5.41, 5.74) is 7.53. The highest BCUT2D eigenvalue weighted by Gasteiger charge is 2.33. The number of aliphatic carboxylic acids is 2. The Kier molecular flexibility index (Phi) is 12.3. The molecule has 0 aliphatic rings. The van der Waals surface area contributed by atoms with Gasteiger partial charge in [-0.2, -0.15) is 11.8 Å². The van der Waals surface area contributed by atoms with Gasteiger partial charge >= 0.3 is 11.9 Å².